The van der Waals surface area contributed by atoms with Crippen molar-refractivity contribution in [2.45, 2.75) is 12.5 Å². The molecule has 0 fully saturated rings. The second-order valence-electron chi connectivity index (χ2n) is 5.10. The Kier molecular flexibility index (Phi) is 3.04. The van der Waals surface area contributed by atoms with E-state index in [9.17, 15) is 0 Å². The highest BCUT2D eigenvalue weighted by Gasteiger charge is 2.24. The number of hydrogen-bond acceptors (Lipinski definition) is 3. The van der Waals surface area contributed by atoms with Crippen molar-refractivity contribution in [1.82, 2.24) is 9.55 Å². The van der Waals surface area contributed by atoms with Crippen molar-refractivity contribution < 1.29 is 0 Å². The number of aliphatic imine (C=N–C) groups is 1. The molecule has 0 radical (unpaired) electrons. The highest BCUT2D eigenvalue weighted by molar-refractivity contribution is 8.13. The van der Waals surface area contributed by atoms with Gasteiger partial charge in [0.05, 0.1) is 17.1 Å². The minimum atomic E-state index is 0.165. The molecule has 3 aromatic rings. The molecule has 0 N–H and O–H groups in total. The van der Waals surface area contributed by atoms with E-state index in [0.717, 1.165) is 28.4 Å². The zero-order chi connectivity index (χ0) is 14.2. The van der Waals surface area contributed by atoms with E-state index in [0.29, 0.717) is 0 Å². The standard InChI is InChI=1S/C17H15N3S/c1-21-17-19-14(12-7-3-2-4-8-12)11-16-18-13-9-5-6-10-15(13)20(16)17/h2-10,14H,11H2,1H3. The molecule has 0 aliphatic carbocycles. The molecule has 1 aromatic heterocycles. The number of imidazole rings is 1. The second kappa shape index (κ2) is 5.04. The Morgan fingerprint density at radius 3 is 2.62 bits per heavy atom. The molecule has 2 aromatic carbocycles. The quantitative estimate of drug-likeness (QED) is 0.681. The Bertz CT molecular complexity index is 820. The molecule has 4 rings (SSSR count). The molecule has 0 saturated heterocycles. The summed E-state index contributed by atoms with van der Waals surface area (Å²) in [5, 5.41) is 1.03. The van der Waals surface area contributed by atoms with Crippen molar-refractivity contribution >= 4 is 28.0 Å². The zero-order valence-corrected chi connectivity index (χ0v) is 12.5. The predicted octanol–water partition coefficient (Wildman–Crippen LogP) is 3.90. The fourth-order valence-electron chi connectivity index (χ4n) is 2.85. The van der Waals surface area contributed by atoms with E-state index in [1.165, 1.54) is 5.56 Å². The number of benzene rings is 2. The lowest BCUT2D eigenvalue weighted by molar-refractivity contribution is 0.664. The van der Waals surface area contributed by atoms with Gasteiger partial charge in [0.2, 0.25) is 0 Å². The summed E-state index contributed by atoms with van der Waals surface area (Å²) < 4.78 is 2.19. The minimum absolute atomic E-state index is 0.165. The van der Waals surface area contributed by atoms with Crippen LogP contribution in [-0.2, 0) is 6.42 Å². The van der Waals surface area contributed by atoms with Gasteiger partial charge in [-0.1, -0.05) is 54.2 Å². The SMILES string of the molecule is CSC1=NC(c2ccccc2)Cc2nc3ccccc3n21. The summed E-state index contributed by atoms with van der Waals surface area (Å²) in [5.41, 5.74) is 3.44. The largest absolute Gasteiger partial charge is 0.275 e. The van der Waals surface area contributed by atoms with Crippen molar-refractivity contribution in [3.63, 3.8) is 0 Å². The molecular weight excluding hydrogens is 278 g/mol. The Hall–Kier alpha value is -2.07. The lowest BCUT2D eigenvalue weighted by Gasteiger charge is -2.22. The van der Waals surface area contributed by atoms with Gasteiger partial charge in [-0.3, -0.25) is 9.56 Å². The van der Waals surface area contributed by atoms with Gasteiger partial charge in [0.25, 0.3) is 0 Å². The van der Waals surface area contributed by atoms with Gasteiger partial charge >= 0.3 is 0 Å². The molecule has 0 spiro atoms. The van der Waals surface area contributed by atoms with Gasteiger partial charge in [-0.2, -0.15) is 0 Å². The van der Waals surface area contributed by atoms with E-state index in [1.807, 2.05) is 12.1 Å². The first-order valence-corrected chi connectivity index (χ1v) is 8.23. The molecule has 1 unspecified atom stereocenters. The molecule has 0 amide bonds. The molecular formula is C17H15N3S. The van der Waals surface area contributed by atoms with Gasteiger partial charge in [0.15, 0.2) is 5.17 Å². The fraction of sp³-hybridized carbons (Fsp3) is 0.176. The first kappa shape index (κ1) is 12.7. The predicted molar refractivity (Wildman–Crippen MR) is 89.0 cm³/mol. The van der Waals surface area contributed by atoms with Crippen molar-refractivity contribution in [2.24, 2.45) is 4.99 Å². The maximum absolute atomic E-state index is 4.94. The van der Waals surface area contributed by atoms with Crippen LogP contribution in [0.25, 0.3) is 11.0 Å². The van der Waals surface area contributed by atoms with Crippen LogP contribution in [0.5, 0.6) is 0 Å². The van der Waals surface area contributed by atoms with Crippen molar-refractivity contribution in [1.29, 1.82) is 0 Å². The first-order chi connectivity index (χ1) is 10.4. The summed E-state index contributed by atoms with van der Waals surface area (Å²) in [6, 6.07) is 18.9. The number of para-hydroxylation sites is 2. The van der Waals surface area contributed by atoms with Gasteiger partial charge < -0.3 is 0 Å². The summed E-state index contributed by atoms with van der Waals surface area (Å²) in [4.78, 5) is 9.73. The van der Waals surface area contributed by atoms with Crippen LogP contribution in [0.3, 0.4) is 0 Å². The number of aromatic nitrogens is 2. The summed E-state index contributed by atoms with van der Waals surface area (Å²) in [7, 11) is 0. The average Bonchev–Trinajstić information content (AvgIpc) is 2.93. The third-order valence-electron chi connectivity index (χ3n) is 3.83. The average molecular weight is 293 g/mol. The summed E-state index contributed by atoms with van der Waals surface area (Å²) in [6.07, 6.45) is 2.92. The Labute approximate surface area is 127 Å². The van der Waals surface area contributed by atoms with Gasteiger partial charge in [-0.15, -0.1) is 0 Å². The fourth-order valence-corrected chi connectivity index (χ4v) is 3.47. The Morgan fingerprint density at radius 2 is 1.81 bits per heavy atom. The van der Waals surface area contributed by atoms with Crippen LogP contribution in [0, 0.1) is 0 Å². The zero-order valence-electron chi connectivity index (χ0n) is 11.7. The van der Waals surface area contributed by atoms with Crippen molar-refractivity contribution in [3.8, 4) is 0 Å². The van der Waals surface area contributed by atoms with Crippen LogP contribution in [0.15, 0.2) is 59.6 Å². The molecule has 1 aliphatic heterocycles. The topological polar surface area (TPSA) is 30.2 Å². The summed E-state index contributed by atoms with van der Waals surface area (Å²) in [5.74, 6) is 1.10. The van der Waals surface area contributed by atoms with Crippen molar-refractivity contribution in [3.05, 3.63) is 66.0 Å². The molecule has 3 nitrogen and oxygen atoms in total. The van der Waals surface area contributed by atoms with Gasteiger partial charge in [-0.05, 0) is 24.0 Å². The van der Waals surface area contributed by atoms with E-state index in [-0.39, 0.29) is 6.04 Å². The van der Waals surface area contributed by atoms with E-state index >= 15 is 0 Å². The lowest BCUT2D eigenvalue weighted by Crippen LogP contribution is -2.20. The Morgan fingerprint density at radius 1 is 1.05 bits per heavy atom. The van der Waals surface area contributed by atoms with Crippen LogP contribution in [0.1, 0.15) is 17.4 Å². The monoisotopic (exact) mass is 293 g/mol. The van der Waals surface area contributed by atoms with Crippen molar-refractivity contribution in [2.75, 3.05) is 6.26 Å². The molecule has 2 heterocycles. The normalized spacial score (nSPS) is 17.6. The molecule has 104 valence electrons. The summed E-state index contributed by atoms with van der Waals surface area (Å²) in [6.45, 7) is 0. The molecule has 1 atom stereocenters. The van der Waals surface area contributed by atoms with Crippen LogP contribution >= 0.6 is 11.8 Å². The van der Waals surface area contributed by atoms with Gasteiger partial charge in [0, 0.05) is 6.42 Å². The molecule has 0 saturated carbocycles. The van der Waals surface area contributed by atoms with Gasteiger partial charge in [0.1, 0.15) is 5.82 Å². The number of hydrogen-bond donors (Lipinski definition) is 0. The number of nitrogens with zero attached hydrogens (tertiary/aromatic N) is 3. The molecule has 1 aliphatic rings. The van der Waals surface area contributed by atoms with Gasteiger partial charge in [-0.25, -0.2) is 4.98 Å². The van der Waals surface area contributed by atoms with Crippen LogP contribution in [-0.4, -0.2) is 21.0 Å². The Balaban J connectivity index is 1.87. The first-order valence-electron chi connectivity index (χ1n) is 7.00. The van der Waals surface area contributed by atoms with E-state index in [4.69, 9.17) is 9.98 Å². The molecule has 4 heteroatoms. The van der Waals surface area contributed by atoms with Crippen LogP contribution in [0.2, 0.25) is 0 Å². The molecule has 0 bridgehead atoms. The smallest absolute Gasteiger partial charge is 0.169 e. The van der Waals surface area contributed by atoms with E-state index in [1.54, 1.807) is 11.8 Å². The number of fused-ring (bicyclic) bond motifs is 3. The highest BCUT2D eigenvalue weighted by Crippen LogP contribution is 2.31. The number of thioether (sulfide) groups is 1. The third kappa shape index (κ3) is 2.07. The van der Waals surface area contributed by atoms with E-state index in [2.05, 4.69) is 53.3 Å². The second-order valence-corrected chi connectivity index (χ2v) is 5.87. The number of rotatable bonds is 1. The van der Waals surface area contributed by atoms with Crippen LogP contribution < -0.4 is 0 Å². The lowest BCUT2D eigenvalue weighted by atomic mass is 10.0. The maximum Gasteiger partial charge on any atom is 0.169 e. The van der Waals surface area contributed by atoms with Crippen LogP contribution in [0.4, 0.5) is 0 Å². The molecule has 21 heavy (non-hydrogen) atoms. The van der Waals surface area contributed by atoms with E-state index < -0.39 is 0 Å². The highest BCUT2D eigenvalue weighted by atomic mass is 32.2. The maximum atomic E-state index is 4.94. The summed E-state index contributed by atoms with van der Waals surface area (Å²) >= 11 is 1.68. The minimum Gasteiger partial charge on any atom is -0.275 e. The third-order valence-corrected chi connectivity index (χ3v) is 4.48.